The van der Waals surface area contributed by atoms with E-state index in [9.17, 15) is 4.79 Å². The van der Waals surface area contributed by atoms with Crippen LogP contribution in [0.1, 0.15) is 16.9 Å². The first-order valence-corrected chi connectivity index (χ1v) is 6.66. The lowest BCUT2D eigenvalue weighted by Gasteiger charge is -2.07. The molecule has 104 valence electrons. The van der Waals surface area contributed by atoms with Gasteiger partial charge in [-0.1, -0.05) is 23.4 Å². The summed E-state index contributed by atoms with van der Waals surface area (Å²) in [6, 6.07) is 9.57. The number of rotatable bonds is 4. The largest absolute Gasteiger partial charge is 0.381 e. The first kappa shape index (κ1) is 12.8. The molecule has 0 spiro atoms. The second-order valence-corrected chi connectivity index (χ2v) is 4.82. The summed E-state index contributed by atoms with van der Waals surface area (Å²) in [4.78, 5) is 12.0. The number of hydrogen-bond acceptors (Lipinski definition) is 4. The molecule has 0 aliphatic carbocycles. The van der Waals surface area contributed by atoms with Gasteiger partial charge in [-0.15, -0.1) is 5.10 Å². The Labute approximate surface area is 116 Å². The van der Waals surface area contributed by atoms with E-state index in [1.54, 1.807) is 10.9 Å². The monoisotopic (exact) mass is 272 g/mol. The van der Waals surface area contributed by atoms with Crippen molar-refractivity contribution < 1.29 is 9.53 Å². The molecule has 20 heavy (non-hydrogen) atoms. The standard InChI is InChI=1S/C14H16N4O2/c19-14(15-8-11-6-7-20-10-11)13-9-18(17-16-13)12-4-2-1-3-5-12/h1-5,9,11H,6-8,10H2,(H,15,19). The van der Waals surface area contributed by atoms with Crippen LogP contribution in [-0.2, 0) is 4.74 Å². The van der Waals surface area contributed by atoms with Crippen molar-refractivity contribution in [3.8, 4) is 5.69 Å². The fourth-order valence-corrected chi connectivity index (χ4v) is 2.15. The van der Waals surface area contributed by atoms with Crippen molar-refractivity contribution in [2.75, 3.05) is 19.8 Å². The van der Waals surface area contributed by atoms with Crippen LogP contribution in [-0.4, -0.2) is 40.7 Å². The molecule has 1 fully saturated rings. The van der Waals surface area contributed by atoms with E-state index in [2.05, 4.69) is 15.6 Å². The summed E-state index contributed by atoms with van der Waals surface area (Å²) in [5.74, 6) is 0.210. The average Bonchev–Trinajstić information content (AvgIpc) is 3.17. The van der Waals surface area contributed by atoms with Gasteiger partial charge in [-0.2, -0.15) is 0 Å². The molecule has 1 amide bonds. The average molecular weight is 272 g/mol. The molecule has 1 saturated heterocycles. The number of carbonyl (C=O) groups is 1. The SMILES string of the molecule is O=C(NCC1CCOC1)c1cn(-c2ccccc2)nn1. The third-order valence-corrected chi connectivity index (χ3v) is 3.32. The molecule has 0 bridgehead atoms. The smallest absolute Gasteiger partial charge is 0.273 e. The zero-order valence-electron chi connectivity index (χ0n) is 11.0. The van der Waals surface area contributed by atoms with E-state index in [1.807, 2.05) is 30.3 Å². The van der Waals surface area contributed by atoms with Crippen LogP contribution in [0.4, 0.5) is 0 Å². The van der Waals surface area contributed by atoms with Gasteiger partial charge in [0, 0.05) is 19.1 Å². The predicted molar refractivity (Wildman–Crippen MR) is 72.6 cm³/mol. The minimum absolute atomic E-state index is 0.195. The molecule has 6 nitrogen and oxygen atoms in total. The Morgan fingerprint density at radius 2 is 2.25 bits per heavy atom. The van der Waals surface area contributed by atoms with Gasteiger partial charge in [-0.05, 0) is 18.6 Å². The molecule has 0 radical (unpaired) electrons. The van der Waals surface area contributed by atoms with Crippen molar-refractivity contribution in [3.05, 3.63) is 42.2 Å². The van der Waals surface area contributed by atoms with Crippen LogP contribution in [0, 0.1) is 5.92 Å². The minimum atomic E-state index is -0.195. The molecule has 1 aromatic carbocycles. The van der Waals surface area contributed by atoms with Gasteiger partial charge >= 0.3 is 0 Å². The number of amides is 1. The maximum atomic E-state index is 12.0. The van der Waals surface area contributed by atoms with Crippen molar-refractivity contribution in [1.29, 1.82) is 0 Å². The topological polar surface area (TPSA) is 69.0 Å². The molecule has 6 heteroatoms. The fraction of sp³-hybridized carbons (Fsp3) is 0.357. The Balaban J connectivity index is 1.62. The van der Waals surface area contributed by atoms with E-state index in [0.29, 0.717) is 18.2 Å². The Bertz CT molecular complexity index is 576. The number of benzene rings is 1. The zero-order valence-corrected chi connectivity index (χ0v) is 11.0. The highest BCUT2D eigenvalue weighted by molar-refractivity contribution is 5.91. The Morgan fingerprint density at radius 3 is 3.00 bits per heavy atom. The maximum absolute atomic E-state index is 12.0. The van der Waals surface area contributed by atoms with E-state index < -0.39 is 0 Å². The number of nitrogens with one attached hydrogen (secondary N) is 1. The molecule has 1 aromatic heterocycles. The van der Waals surface area contributed by atoms with Gasteiger partial charge in [-0.25, -0.2) is 4.68 Å². The summed E-state index contributed by atoms with van der Waals surface area (Å²) in [5, 5.41) is 10.7. The van der Waals surface area contributed by atoms with E-state index >= 15 is 0 Å². The number of aromatic nitrogens is 3. The molecule has 2 heterocycles. The van der Waals surface area contributed by atoms with Gasteiger partial charge in [0.2, 0.25) is 0 Å². The van der Waals surface area contributed by atoms with Gasteiger partial charge in [0.15, 0.2) is 5.69 Å². The molecular formula is C14H16N4O2. The van der Waals surface area contributed by atoms with Gasteiger partial charge in [0.25, 0.3) is 5.91 Å². The lowest BCUT2D eigenvalue weighted by molar-refractivity contribution is 0.0940. The Morgan fingerprint density at radius 1 is 1.40 bits per heavy atom. The van der Waals surface area contributed by atoms with Crippen molar-refractivity contribution in [1.82, 2.24) is 20.3 Å². The van der Waals surface area contributed by atoms with Crippen LogP contribution in [0.5, 0.6) is 0 Å². The maximum Gasteiger partial charge on any atom is 0.273 e. The third kappa shape index (κ3) is 2.85. The van der Waals surface area contributed by atoms with Gasteiger partial charge < -0.3 is 10.1 Å². The fourth-order valence-electron chi connectivity index (χ4n) is 2.15. The second-order valence-electron chi connectivity index (χ2n) is 4.82. The van der Waals surface area contributed by atoms with Crippen LogP contribution < -0.4 is 5.32 Å². The number of nitrogens with zero attached hydrogens (tertiary/aromatic N) is 3. The molecule has 2 aromatic rings. The predicted octanol–water partition coefficient (Wildman–Crippen LogP) is 1.03. The lowest BCUT2D eigenvalue weighted by Crippen LogP contribution is -2.29. The number of carbonyl (C=O) groups excluding carboxylic acids is 1. The van der Waals surface area contributed by atoms with E-state index in [4.69, 9.17) is 4.74 Å². The highest BCUT2D eigenvalue weighted by Crippen LogP contribution is 2.11. The van der Waals surface area contributed by atoms with Gasteiger partial charge in [-0.3, -0.25) is 4.79 Å². The summed E-state index contributed by atoms with van der Waals surface area (Å²) in [6.45, 7) is 2.12. The van der Waals surface area contributed by atoms with Crippen molar-refractivity contribution in [2.24, 2.45) is 5.92 Å². The summed E-state index contributed by atoms with van der Waals surface area (Å²) in [5.41, 5.74) is 1.20. The minimum Gasteiger partial charge on any atom is -0.381 e. The number of hydrogen-bond donors (Lipinski definition) is 1. The van der Waals surface area contributed by atoms with E-state index in [1.165, 1.54) is 0 Å². The van der Waals surface area contributed by atoms with Crippen LogP contribution >= 0.6 is 0 Å². The molecule has 1 unspecified atom stereocenters. The highest BCUT2D eigenvalue weighted by Gasteiger charge is 2.18. The number of para-hydroxylation sites is 1. The molecule has 1 atom stereocenters. The van der Waals surface area contributed by atoms with E-state index in [0.717, 1.165) is 25.3 Å². The Hall–Kier alpha value is -2.21. The molecule has 0 saturated carbocycles. The lowest BCUT2D eigenvalue weighted by atomic mass is 10.1. The first-order chi connectivity index (χ1) is 9.83. The van der Waals surface area contributed by atoms with Crippen LogP contribution in [0.15, 0.2) is 36.5 Å². The molecule has 3 rings (SSSR count). The molecule has 1 aliphatic heterocycles. The van der Waals surface area contributed by atoms with Crippen LogP contribution in [0.3, 0.4) is 0 Å². The normalized spacial score (nSPS) is 18.1. The molecule has 1 N–H and O–H groups in total. The van der Waals surface area contributed by atoms with Crippen molar-refractivity contribution in [3.63, 3.8) is 0 Å². The summed E-state index contributed by atoms with van der Waals surface area (Å²) in [7, 11) is 0. The summed E-state index contributed by atoms with van der Waals surface area (Å²) < 4.78 is 6.86. The van der Waals surface area contributed by atoms with E-state index in [-0.39, 0.29) is 5.91 Å². The summed E-state index contributed by atoms with van der Waals surface area (Å²) in [6.07, 6.45) is 2.63. The van der Waals surface area contributed by atoms with Gasteiger partial charge in [0.1, 0.15) is 0 Å². The second kappa shape index (κ2) is 5.83. The quantitative estimate of drug-likeness (QED) is 0.902. The number of ether oxygens (including phenoxy) is 1. The third-order valence-electron chi connectivity index (χ3n) is 3.32. The first-order valence-electron chi connectivity index (χ1n) is 6.66. The Kier molecular flexibility index (Phi) is 3.73. The molecule has 1 aliphatic rings. The zero-order chi connectivity index (χ0) is 13.8. The van der Waals surface area contributed by atoms with Gasteiger partial charge in [0.05, 0.1) is 18.5 Å². The van der Waals surface area contributed by atoms with Crippen molar-refractivity contribution in [2.45, 2.75) is 6.42 Å². The highest BCUT2D eigenvalue weighted by atomic mass is 16.5. The van der Waals surface area contributed by atoms with Crippen molar-refractivity contribution >= 4 is 5.91 Å². The van der Waals surface area contributed by atoms with Crippen LogP contribution in [0.2, 0.25) is 0 Å². The summed E-state index contributed by atoms with van der Waals surface area (Å²) >= 11 is 0. The van der Waals surface area contributed by atoms with Crippen LogP contribution in [0.25, 0.3) is 5.69 Å². The molecular weight excluding hydrogens is 256 g/mol.